The summed E-state index contributed by atoms with van der Waals surface area (Å²) < 4.78 is 5.51. The van der Waals surface area contributed by atoms with E-state index in [1.54, 1.807) is 19.2 Å². The van der Waals surface area contributed by atoms with Crippen molar-refractivity contribution in [3.8, 4) is 5.88 Å². The monoisotopic (exact) mass is 262 g/mol. The van der Waals surface area contributed by atoms with E-state index >= 15 is 0 Å². The lowest BCUT2D eigenvalue weighted by molar-refractivity contribution is -0.113. The molecule has 0 radical (unpaired) electrons. The van der Waals surface area contributed by atoms with Crippen LogP contribution >= 0.6 is 0 Å². The summed E-state index contributed by atoms with van der Waals surface area (Å²) in [6.45, 7) is 1.60. The van der Waals surface area contributed by atoms with Gasteiger partial charge in [-0.15, -0.1) is 0 Å². The van der Waals surface area contributed by atoms with Gasteiger partial charge in [-0.3, -0.25) is 4.79 Å². The van der Waals surface area contributed by atoms with Crippen LogP contribution in [-0.4, -0.2) is 38.7 Å². The molecule has 0 aliphatic rings. The first-order valence-corrected chi connectivity index (χ1v) is 5.69. The minimum atomic E-state index is -0.544. The number of aromatic amines is 1. The van der Waals surface area contributed by atoms with Crippen molar-refractivity contribution in [3.63, 3.8) is 0 Å². The van der Waals surface area contributed by atoms with E-state index in [0.717, 1.165) is 0 Å². The van der Waals surface area contributed by atoms with Crippen LogP contribution in [0.4, 0.5) is 0 Å². The Kier molecular flexibility index (Phi) is 3.76. The average molecular weight is 262 g/mol. The molecule has 0 spiro atoms. The Labute approximate surface area is 109 Å². The second-order valence-electron chi connectivity index (χ2n) is 3.99. The van der Waals surface area contributed by atoms with E-state index in [1.165, 1.54) is 12.4 Å². The van der Waals surface area contributed by atoms with Crippen LogP contribution in [0.2, 0.25) is 0 Å². The number of nitrogens with two attached hydrogens (primary N) is 1. The van der Waals surface area contributed by atoms with Gasteiger partial charge in [0.05, 0.1) is 12.0 Å². The van der Waals surface area contributed by atoms with Crippen LogP contribution in [0.3, 0.4) is 0 Å². The van der Waals surface area contributed by atoms with Crippen LogP contribution in [0.15, 0.2) is 18.6 Å². The van der Waals surface area contributed by atoms with E-state index in [-0.39, 0.29) is 12.7 Å². The van der Waals surface area contributed by atoms with Crippen molar-refractivity contribution in [2.24, 2.45) is 5.73 Å². The number of nitrogens with one attached hydrogen (secondary N) is 1. The highest BCUT2D eigenvalue weighted by Gasteiger charge is 2.13. The van der Waals surface area contributed by atoms with Gasteiger partial charge in [-0.25, -0.2) is 9.97 Å². The lowest BCUT2D eigenvalue weighted by atomic mass is 10.2. The number of nitrogens with zero attached hydrogens (tertiary/aromatic N) is 2. The van der Waals surface area contributed by atoms with Crippen LogP contribution in [-0.2, 0) is 4.79 Å². The van der Waals surface area contributed by atoms with Crippen LogP contribution in [0.1, 0.15) is 12.5 Å². The molecular weight excluding hydrogens is 248 g/mol. The highest BCUT2D eigenvalue weighted by Crippen LogP contribution is 2.26. The standard InChI is InChI=1S/C12H14N4O3/c1-7(5-17)19-12-10-8(2-3-9(13)18)4-14-11(10)15-6-16-12/h2-4,6-7,17H,5H2,1H3,(H2,13,18)(H,14,15,16). The van der Waals surface area contributed by atoms with Crippen molar-refractivity contribution >= 4 is 23.0 Å². The van der Waals surface area contributed by atoms with Crippen molar-refractivity contribution in [3.05, 3.63) is 24.2 Å². The number of H-pyrrole nitrogens is 1. The summed E-state index contributed by atoms with van der Waals surface area (Å²) in [6.07, 6.45) is 5.45. The first-order chi connectivity index (χ1) is 9.11. The number of aliphatic hydroxyl groups is 1. The molecule has 2 heterocycles. The number of carbonyl (C=O) groups excluding carboxylic acids is 1. The number of rotatable bonds is 5. The summed E-state index contributed by atoms with van der Waals surface area (Å²) >= 11 is 0. The maximum absolute atomic E-state index is 10.8. The smallest absolute Gasteiger partial charge is 0.241 e. The number of fused-ring (bicyclic) bond motifs is 1. The number of aliphatic hydroxyl groups excluding tert-OH is 1. The highest BCUT2D eigenvalue weighted by atomic mass is 16.5. The largest absolute Gasteiger partial charge is 0.472 e. The zero-order chi connectivity index (χ0) is 13.8. The summed E-state index contributed by atoms with van der Waals surface area (Å²) in [5.41, 5.74) is 6.33. The second-order valence-corrected chi connectivity index (χ2v) is 3.99. The molecule has 2 aromatic heterocycles. The molecule has 100 valence electrons. The Balaban J connectivity index is 2.46. The molecule has 7 heteroatoms. The predicted molar refractivity (Wildman–Crippen MR) is 69.3 cm³/mol. The topological polar surface area (TPSA) is 114 Å². The van der Waals surface area contributed by atoms with E-state index in [2.05, 4.69) is 15.0 Å². The number of amides is 1. The minimum absolute atomic E-state index is 0.123. The number of primary amides is 1. The van der Waals surface area contributed by atoms with Crippen molar-refractivity contribution in [2.75, 3.05) is 6.61 Å². The summed E-state index contributed by atoms with van der Waals surface area (Å²) in [5.74, 6) is -0.200. The number of hydrogen-bond donors (Lipinski definition) is 3. The molecule has 4 N–H and O–H groups in total. The Hall–Kier alpha value is -2.41. The van der Waals surface area contributed by atoms with Crippen LogP contribution in [0, 0.1) is 0 Å². The van der Waals surface area contributed by atoms with Gasteiger partial charge in [0.2, 0.25) is 11.8 Å². The third-order valence-electron chi connectivity index (χ3n) is 2.46. The van der Waals surface area contributed by atoms with E-state index < -0.39 is 5.91 Å². The van der Waals surface area contributed by atoms with E-state index in [0.29, 0.717) is 22.5 Å². The van der Waals surface area contributed by atoms with Crippen LogP contribution in [0.25, 0.3) is 17.1 Å². The number of carbonyl (C=O) groups is 1. The van der Waals surface area contributed by atoms with Gasteiger partial charge < -0.3 is 20.6 Å². The molecule has 0 fully saturated rings. The zero-order valence-electron chi connectivity index (χ0n) is 10.3. The molecule has 1 atom stereocenters. The molecule has 2 aromatic rings. The fourth-order valence-electron chi connectivity index (χ4n) is 1.58. The zero-order valence-corrected chi connectivity index (χ0v) is 10.3. The quantitative estimate of drug-likeness (QED) is 0.667. The molecule has 1 unspecified atom stereocenters. The first kappa shape index (κ1) is 13.0. The Morgan fingerprint density at radius 3 is 3.11 bits per heavy atom. The van der Waals surface area contributed by atoms with Crippen molar-refractivity contribution in [1.82, 2.24) is 15.0 Å². The van der Waals surface area contributed by atoms with Gasteiger partial charge in [-0.2, -0.15) is 0 Å². The molecule has 0 bridgehead atoms. The van der Waals surface area contributed by atoms with Gasteiger partial charge in [0.1, 0.15) is 18.1 Å². The molecule has 7 nitrogen and oxygen atoms in total. The second kappa shape index (κ2) is 5.49. The van der Waals surface area contributed by atoms with Gasteiger partial charge in [-0.05, 0) is 13.0 Å². The summed E-state index contributed by atoms with van der Waals surface area (Å²) in [5, 5.41) is 9.65. The number of hydrogen-bond acceptors (Lipinski definition) is 5. The third kappa shape index (κ3) is 2.89. The average Bonchev–Trinajstić information content (AvgIpc) is 2.80. The molecule has 0 saturated heterocycles. The highest BCUT2D eigenvalue weighted by molar-refractivity contribution is 5.96. The van der Waals surface area contributed by atoms with Gasteiger partial charge in [0.25, 0.3) is 0 Å². The van der Waals surface area contributed by atoms with Gasteiger partial charge in [0.15, 0.2) is 0 Å². The maximum Gasteiger partial charge on any atom is 0.241 e. The lowest BCUT2D eigenvalue weighted by Gasteiger charge is -2.11. The predicted octanol–water partition coefficient (Wildman–Crippen LogP) is 0.216. The maximum atomic E-state index is 10.8. The lowest BCUT2D eigenvalue weighted by Crippen LogP contribution is -2.17. The van der Waals surface area contributed by atoms with Gasteiger partial charge in [-0.1, -0.05) is 0 Å². The Morgan fingerprint density at radius 2 is 2.42 bits per heavy atom. The molecule has 19 heavy (non-hydrogen) atoms. The normalized spacial score (nSPS) is 12.9. The molecular formula is C12H14N4O3. The number of ether oxygens (including phenoxy) is 1. The van der Waals surface area contributed by atoms with Gasteiger partial charge in [0, 0.05) is 17.8 Å². The summed E-state index contributed by atoms with van der Waals surface area (Å²) in [4.78, 5) is 21.8. The van der Waals surface area contributed by atoms with Crippen molar-refractivity contribution < 1.29 is 14.6 Å². The van der Waals surface area contributed by atoms with E-state index in [1.807, 2.05) is 0 Å². The van der Waals surface area contributed by atoms with Crippen LogP contribution < -0.4 is 10.5 Å². The fourth-order valence-corrected chi connectivity index (χ4v) is 1.58. The Morgan fingerprint density at radius 1 is 1.63 bits per heavy atom. The molecule has 0 aliphatic carbocycles. The number of aromatic nitrogens is 3. The molecule has 0 aromatic carbocycles. The molecule has 0 saturated carbocycles. The molecule has 0 aliphatic heterocycles. The SMILES string of the molecule is CC(CO)Oc1ncnc2[nH]cc(C=CC(N)=O)c12. The van der Waals surface area contributed by atoms with Crippen molar-refractivity contribution in [1.29, 1.82) is 0 Å². The minimum Gasteiger partial charge on any atom is -0.472 e. The summed E-state index contributed by atoms with van der Waals surface area (Å²) in [7, 11) is 0. The van der Waals surface area contributed by atoms with Gasteiger partial charge >= 0.3 is 0 Å². The van der Waals surface area contributed by atoms with Crippen molar-refractivity contribution in [2.45, 2.75) is 13.0 Å². The molecule has 2 rings (SSSR count). The van der Waals surface area contributed by atoms with Crippen LogP contribution in [0.5, 0.6) is 5.88 Å². The summed E-state index contributed by atoms with van der Waals surface area (Å²) in [6, 6.07) is 0. The molecule has 1 amide bonds. The van der Waals surface area contributed by atoms with E-state index in [4.69, 9.17) is 15.6 Å². The van der Waals surface area contributed by atoms with E-state index in [9.17, 15) is 4.79 Å². The first-order valence-electron chi connectivity index (χ1n) is 5.69. The fraction of sp³-hybridized carbons (Fsp3) is 0.250. The third-order valence-corrected chi connectivity index (χ3v) is 2.46. The Bertz CT molecular complexity index is 620.